The molecule has 55 heavy (non-hydrogen) atoms. The lowest BCUT2D eigenvalue weighted by atomic mass is 10.1. The summed E-state index contributed by atoms with van der Waals surface area (Å²) in [5, 5.41) is 7.77. The lowest BCUT2D eigenvalue weighted by Gasteiger charge is -2.32. The Labute approximate surface area is 319 Å². The summed E-state index contributed by atoms with van der Waals surface area (Å²) >= 11 is 0. The minimum atomic E-state index is -3.92. The Balaban J connectivity index is 1.18. The number of carbonyl (C=O) groups excluding carboxylic acids is 4. The third-order valence-corrected chi connectivity index (χ3v) is 11.9. The normalized spacial score (nSPS) is 22.4. The van der Waals surface area contributed by atoms with Gasteiger partial charge in [-0.1, -0.05) is 90.1 Å². The van der Waals surface area contributed by atoms with Gasteiger partial charge in [-0.05, 0) is 56.7 Å². The van der Waals surface area contributed by atoms with Crippen molar-refractivity contribution in [1.29, 1.82) is 0 Å². The molecular weight excluding hydrogens is 725 g/mol. The van der Waals surface area contributed by atoms with Crippen LogP contribution in [0.25, 0.3) is 11.1 Å². The van der Waals surface area contributed by atoms with Crippen LogP contribution in [-0.2, 0) is 35.7 Å². The van der Waals surface area contributed by atoms with E-state index in [-0.39, 0.29) is 25.9 Å². The third kappa shape index (κ3) is 7.93. The molecule has 14 nitrogen and oxygen atoms in total. The molecule has 7 rings (SSSR count). The molecule has 0 bridgehead atoms. The highest BCUT2D eigenvalue weighted by Crippen LogP contribution is 2.45. The monoisotopic (exact) mass is 768 g/mol. The minimum Gasteiger partial charge on any atom is -0.443 e. The molecule has 2 saturated carbocycles. The summed E-state index contributed by atoms with van der Waals surface area (Å²) in [6.45, 7) is 8.66. The van der Waals surface area contributed by atoms with E-state index in [1.807, 2.05) is 54.6 Å². The first-order valence-electron chi connectivity index (χ1n) is 18.2. The number of benzene rings is 3. The molecule has 288 valence electrons. The first-order chi connectivity index (χ1) is 26.2. The number of ether oxygens (including phenoxy) is 1. The van der Waals surface area contributed by atoms with E-state index < -0.39 is 68.4 Å². The number of hydrogen-bond acceptors (Lipinski definition) is 9. The number of likely N-dealkylation sites (tertiary alicyclic amines) is 1. The van der Waals surface area contributed by atoms with E-state index in [0.717, 1.165) is 27.3 Å². The SMILES string of the molecule is C=C[C@@H]1CC1(NC(=O)[C@@H]1CC(ON=C2c3ccccc3-c3ccccc32)CN1C(=O)N(Cc1ccccc1)NC(=O)OC(C)(C)C)C(=O)NS(=O)(=O)C1CC1. The van der Waals surface area contributed by atoms with Crippen LogP contribution in [0.5, 0.6) is 0 Å². The highest BCUT2D eigenvalue weighted by Gasteiger charge is 2.62. The van der Waals surface area contributed by atoms with Crippen molar-refractivity contribution in [2.24, 2.45) is 11.1 Å². The number of hydrogen-bond donors (Lipinski definition) is 3. The van der Waals surface area contributed by atoms with Gasteiger partial charge in [0.2, 0.25) is 15.9 Å². The quantitative estimate of drug-likeness (QED) is 0.155. The predicted octanol–water partition coefficient (Wildman–Crippen LogP) is 4.61. The van der Waals surface area contributed by atoms with Gasteiger partial charge in [0.05, 0.1) is 18.3 Å². The maximum atomic E-state index is 14.5. The van der Waals surface area contributed by atoms with Crippen molar-refractivity contribution in [2.75, 3.05) is 6.54 Å². The molecule has 1 saturated heterocycles. The number of fused-ring (bicyclic) bond motifs is 3. The van der Waals surface area contributed by atoms with Crippen LogP contribution in [0.2, 0.25) is 0 Å². The first-order valence-corrected chi connectivity index (χ1v) is 19.8. The van der Waals surface area contributed by atoms with Crippen molar-refractivity contribution in [3.63, 3.8) is 0 Å². The van der Waals surface area contributed by atoms with Gasteiger partial charge in [0, 0.05) is 23.5 Å². The van der Waals surface area contributed by atoms with Crippen molar-refractivity contribution >= 4 is 39.7 Å². The molecule has 1 heterocycles. The van der Waals surface area contributed by atoms with Gasteiger partial charge in [0.25, 0.3) is 5.91 Å². The number of amides is 5. The zero-order valence-electron chi connectivity index (χ0n) is 30.9. The molecule has 0 radical (unpaired) electrons. The third-order valence-electron chi connectivity index (χ3n) is 10.0. The molecule has 3 aromatic carbocycles. The molecule has 0 aromatic heterocycles. The number of hydrazine groups is 1. The number of urea groups is 1. The summed E-state index contributed by atoms with van der Waals surface area (Å²) < 4.78 is 33.1. The van der Waals surface area contributed by atoms with Gasteiger partial charge in [-0.15, -0.1) is 6.58 Å². The Hall–Kier alpha value is -5.70. The summed E-state index contributed by atoms with van der Waals surface area (Å²) in [6, 6.07) is 22.6. The van der Waals surface area contributed by atoms with Gasteiger partial charge >= 0.3 is 12.1 Å². The van der Waals surface area contributed by atoms with E-state index in [1.54, 1.807) is 45.0 Å². The smallest absolute Gasteiger partial charge is 0.426 e. The van der Waals surface area contributed by atoms with Crippen molar-refractivity contribution < 1.29 is 37.2 Å². The van der Waals surface area contributed by atoms with Gasteiger partial charge < -0.3 is 19.8 Å². The summed E-state index contributed by atoms with van der Waals surface area (Å²) in [6.07, 6.45) is 0.821. The van der Waals surface area contributed by atoms with Crippen molar-refractivity contribution in [1.82, 2.24) is 25.4 Å². The van der Waals surface area contributed by atoms with Crippen LogP contribution in [-0.4, -0.2) is 83.1 Å². The summed E-state index contributed by atoms with van der Waals surface area (Å²) in [5.74, 6) is -2.10. The van der Waals surface area contributed by atoms with Crippen LogP contribution < -0.4 is 15.5 Å². The Bertz CT molecular complexity index is 2120. The van der Waals surface area contributed by atoms with Crippen LogP contribution in [0.4, 0.5) is 9.59 Å². The fourth-order valence-corrected chi connectivity index (χ4v) is 8.42. The molecule has 2 unspecified atom stereocenters. The van der Waals surface area contributed by atoms with Gasteiger partial charge in [-0.25, -0.2) is 28.4 Å². The number of rotatable bonds is 10. The molecule has 3 fully saturated rings. The van der Waals surface area contributed by atoms with Crippen LogP contribution in [0.15, 0.2) is 96.7 Å². The molecular formula is C40H44N6O8S. The highest BCUT2D eigenvalue weighted by molar-refractivity contribution is 7.91. The standard InChI is InChI=1S/C40H44N6O8S/c1-5-26-22-40(26,36(48)44-55(51,52)28-19-20-28)41-35(47)33-21-27(54-43-34-31-17-11-9-15-29(31)30-16-10-12-18-32(30)34)24-45(33)38(50)46(23-25-13-7-6-8-14-25)42-37(49)53-39(2,3)4/h5-18,26-28,33H,1,19-24H2,2-4H3,(H,41,47)(H,42,49)(H,44,48)/t26-,27?,33+,40?/m1/s1. The Morgan fingerprint density at radius 2 is 1.55 bits per heavy atom. The van der Waals surface area contributed by atoms with Crippen molar-refractivity contribution in [3.8, 4) is 11.1 Å². The molecule has 1 aliphatic heterocycles. The maximum Gasteiger partial charge on any atom is 0.426 e. The topological polar surface area (TPSA) is 176 Å². The summed E-state index contributed by atoms with van der Waals surface area (Å²) in [4.78, 5) is 62.8. The van der Waals surface area contributed by atoms with Crippen molar-refractivity contribution in [3.05, 3.63) is 108 Å². The second kappa shape index (κ2) is 14.5. The Kier molecular flexibility index (Phi) is 9.92. The number of nitrogens with one attached hydrogen (secondary N) is 3. The number of carbonyl (C=O) groups is 4. The highest BCUT2D eigenvalue weighted by atomic mass is 32.2. The average molecular weight is 769 g/mol. The van der Waals surface area contributed by atoms with Crippen LogP contribution in [0, 0.1) is 5.92 Å². The number of nitrogens with zero attached hydrogens (tertiary/aromatic N) is 3. The van der Waals surface area contributed by atoms with E-state index in [9.17, 15) is 27.6 Å². The van der Waals surface area contributed by atoms with E-state index >= 15 is 0 Å². The van der Waals surface area contributed by atoms with Crippen LogP contribution >= 0.6 is 0 Å². The number of oxime groups is 1. The van der Waals surface area contributed by atoms with E-state index in [2.05, 4.69) is 27.2 Å². The molecule has 0 spiro atoms. The second-order valence-electron chi connectivity index (χ2n) is 15.3. The van der Waals surface area contributed by atoms with Crippen LogP contribution in [0.3, 0.4) is 0 Å². The average Bonchev–Trinajstić information content (AvgIpc) is 4.06. The predicted molar refractivity (Wildman–Crippen MR) is 204 cm³/mol. The fraction of sp³-hybridized carbons (Fsp3) is 0.375. The van der Waals surface area contributed by atoms with Crippen molar-refractivity contribution in [2.45, 2.75) is 81.5 Å². The molecule has 15 heteroatoms. The lowest BCUT2D eigenvalue weighted by Crippen LogP contribution is -2.59. The van der Waals surface area contributed by atoms with E-state index in [1.165, 1.54) is 11.0 Å². The van der Waals surface area contributed by atoms with Gasteiger partial charge in [-0.2, -0.15) is 0 Å². The van der Waals surface area contributed by atoms with E-state index in [0.29, 0.717) is 24.1 Å². The summed E-state index contributed by atoms with van der Waals surface area (Å²) in [7, 11) is -3.92. The fourth-order valence-electron chi connectivity index (χ4n) is 7.06. The molecule has 3 aromatic rings. The Morgan fingerprint density at radius 1 is 0.945 bits per heavy atom. The van der Waals surface area contributed by atoms with E-state index in [4.69, 9.17) is 9.57 Å². The van der Waals surface area contributed by atoms with Crippen LogP contribution in [0.1, 0.15) is 63.1 Å². The zero-order valence-corrected chi connectivity index (χ0v) is 31.7. The molecule has 3 aliphatic carbocycles. The minimum absolute atomic E-state index is 0.0277. The van der Waals surface area contributed by atoms with Gasteiger partial charge in [0.15, 0.2) is 0 Å². The molecule has 3 N–H and O–H groups in total. The number of sulfonamides is 1. The lowest BCUT2D eigenvalue weighted by molar-refractivity contribution is -0.131. The zero-order chi connectivity index (χ0) is 39.1. The largest absolute Gasteiger partial charge is 0.443 e. The van der Waals surface area contributed by atoms with Gasteiger partial charge in [0.1, 0.15) is 29.0 Å². The summed E-state index contributed by atoms with van der Waals surface area (Å²) in [5.41, 5.74) is 5.13. The molecule has 5 amide bonds. The molecule has 4 atom stereocenters. The molecule has 4 aliphatic rings. The van der Waals surface area contributed by atoms with Gasteiger partial charge in [-0.3, -0.25) is 14.3 Å². The maximum absolute atomic E-state index is 14.5. The second-order valence-corrected chi connectivity index (χ2v) is 17.3. The first kappa shape index (κ1) is 37.6. The Morgan fingerprint density at radius 3 is 2.11 bits per heavy atom.